The predicted octanol–water partition coefficient (Wildman–Crippen LogP) is -3.29. The van der Waals surface area contributed by atoms with E-state index in [4.69, 9.17) is 17.2 Å². The molecule has 0 bridgehead atoms. The summed E-state index contributed by atoms with van der Waals surface area (Å²) in [6, 6.07) is -0.735. The quantitative estimate of drug-likeness (QED) is 0.181. The number of hydrogen-bond donors (Lipinski definition) is 6. The number of nitrogens with one attached hydrogen (secondary N) is 3. The molecule has 9 N–H and O–H groups in total. The van der Waals surface area contributed by atoms with E-state index < -0.39 is 24.1 Å². The SMILES string of the molecule is CC(=O)CNC(=O)[C@H](CCCNC(N)N)NC(=O)CN. The highest BCUT2D eigenvalue weighted by Crippen LogP contribution is 1.97. The molecule has 0 heterocycles. The molecule has 0 aromatic heterocycles. The third-order valence-electron chi connectivity index (χ3n) is 2.40. The molecule has 0 rings (SSSR count). The van der Waals surface area contributed by atoms with Gasteiger partial charge in [-0.2, -0.15) is 0 Å². The Morgan fingerprint density at radius 2 is 1.85 bits per heavy atom. The maximum absolute atomic E-state index is 11.8. The van der Waals surface area contributed by atoms with E-state index in [1.807, 2.05) is 0 Å². The Hall–Kier alpha value is -1.55. The molecular formula is C11H24N6O3. The third kappa shape index (κ3) is 9.39. The number of amides is 2. The first-order chi connectivity index (χ1) is 9.36. The molecule has 0 aromatic carbocycles. The van der Waals surface area contributed by atoms with Gasteiger partial charge < -0.3 is 27.8 Å². The van der Waals surface area contributed by atoms with Crippen molar-refractivity contribution >= 4 is 17.6 Å². The largest absolute Gasteiger partial charge is 0.347 e. The Bertz CT molecular complexity index is 334. The van der Waals surface area contributed by atoms with Crippen molar-refractivity contribution in [2.45, 2.75) is 32.1 Å². The second-order valence-corrected chi connectivity index (χ2v) is 4.37. The Labute approximate surface area is 118 Å². The van der Waals surface area contributed by atoms with E-state index in [9.17, 15) is 14.4 Å². The van der Waals surface area contributed by atoms with E-state index in [1.165, 1.54) is 6.92 Å². The van der Waals surface area contributed by atoms with Gasteiger partial charge in [-0.05, 0) is 26.3 Å². The molecule has 116 valence electrons. The maximum Gasteiger partial charge on any atom is 0.242 e. The van der Waals surface area contributed by atoms with Gasteiger partial charge in [-0.25, -0.2) is 0 Å². The minimum Gasteiger partial charge on any atom is -0.347 e. The first-order valence-electron chi connectivity index (χ1n) is 6.38. The fraction of sp³-hybridized carbons (Fsp3) is 0.727. The molecule has 0 saturated carbocycles. The van der Waals surface area contributed by atoms with Gasteiger partial charge in [-0.3, -0.25) is 19.7 Å². The van der Waals surface area contributed by atoms with Crippen molar-refractivity contribution in [3.05, 3.63) is 0 Å². The van der Waals surface area contributed by atoms with Gasteiger partial charge in [0.25, 0.3) is 0 Å². The van der Waals surface area contributed by atoms with Crippen LogP contribution < -0.4 is 33.2 Å². The van der Waals surface area contributed by atoms with Crippen LogP contribution in [0.3, 0.4) is 0 Å². The van der Waals surface area contributed by atoms with Crippen molar-refractivity contribution in [1.29, 1.82) is 0 Å². The number of hydrogen-bond acceptors (Lipinski definition) is 7. The summed E-state index contributed by atoms with van der Waals surface area (Å²) in [7, 11) is 0. The highest BCUT2D eigenvalue weighted by molar-refractivity contribution is 5.90. The lowest BCUT2D eigenvalue weighted by Gasteiger charge is -2.18. The van der Waals surface area contributed by atoms with E-state index in [1.54, 1.807) is 0 Å². The molecule has 1 atom stereocenters. The standard InChI is InChI=1S/C11H24N6O3/c1-7(18)6-16-10(20)8(17-9(19)5-12)3-2-4-15-11(13)14/h8,11,15H,2-6,12-14H2,1H3,(H,16,20)(H,17,19)/t8-/m0/s1. The van der Waals surface area contributed by atoms with Crippen LogP contribution in [0.25, 0.3) is 0 Å². The zero-order chi connectivity index (χ0) is 15.5. The molecule has 0 unspecified atom stereocenters. The highest BCUT2D eigenvalue weighted by atomic mass is 16.2. The molecular weight excluding hydrogens is 264 g/mol. The molecule has 0 aliphatic heterocycles. The molecule has 9 nitrogen and oxygen atoms in total. The molecule has 2 amide bonds. The molecule has 0 fully saturated rings. The van der Waals surface area contributed by atoms with Crippen molar-refractivity contribution in [2.75, 3.05) is 19.6 Å². The third-order valence-corrected chi connectivity index (χ3v) is 2.40. The van der Waals surface area contributed by atoms with Gasteiger partial charge in [0.05, 0.1) is 13.1 Å². The zero-order valence-electron chi connectivity index (χ0n) is 11.6. The van der Waals surface area contributed by atoms with E-state index in [-0.39, 0.29) is 18.9 Å². The van der Waals surface area contributed by atoms with E-state index >= 15 is 0 Å². The van der Waals surface area contributed by atoms with Gasteiger partial charge in [-0.15, -0.1) is 0 Å². The lowest BCUT2D eigenvalue weighted by atomic mass is 10.1. The second-order valence-electron chi connectivity index (χ2n) is 4.37. The van der Waals surface area contributed by atoms with Crippen LogP contribution in [0.2, 0.25) is 0 Å². The van der Waals surface area contributed by atoms with Crippen molar-refractivity contribution in [3.63, 3.8) is 0 Å². The summed E-state index contributed by atoms with van der Waals surface area (Å²) >= 11 is 0. The molecule has 0 saturated heterocycles. The summed E-state index contributed by atoms with van der Waals surface area (Å²) in [6.07, 6.45) is 0.335. The van der Waals surface area contributed by atoms with Gasteiger partial charge in [0.15, 0.2) is 0 Å². The first-order valence-corrected chi connectivity index (χ1v) is 6.38. The fourth-order valence-corrected chi connectivity index (χ4v) is 1.43. The summed E-state index contributed by atoms with van der Waals surface area (Å²) in [5.74, 6) is -1.02. The van der Waals surface area contributed by atoms with Gasteiger partial charge in [0.1, 0.15) is 18.1 Å². The molecule has 0 aliphatic rings. The average molecular weight is 288 g/mol. The van der Waals surface area contributed by atoms with Crippen LogP contribution in [0.1, 0.15) is 19.8 Å². The topological polar surface area (TPSA) is 165 Å². The lowest BCUT2D eigenvalue weighted by Crippen LogP contribution is -2.50. The van der Waals surface area contributed by atoms with Crippen LogP contribution in [0.15, 0.2) is 0 Å². The smallest absolute Gasteiger partial charge is 0.242 e. The zero-order valence-corrected chi connectivity index (χ0v) is 11.6. The first kappa shape index (κ1) is 18.4. The van der Waals surface area contributed by atoms with Gasteiger partial charge in [0.2, 0.25) is 11.8 Å². The second kappa shape index (κ2) is 10.3. The normalized spacial score (nSPS) is 12.1. The van der Waals surface area contributed by atoms with Gasteiger partial charge in [0, 0.05) is 0 Å². The number of ketones is 1. The monoisotopic (exact) mass is 288 g/mol. The summed E-state index contributed by atoms with van der Waals surface area (Å²) in [5, 5.41) is 7.74. The number of nitrogens with two attached hydrogens (primary N) is 3. The fourth-order valence-electron chi connectivity index (χ4n) is 1.43. The lowest BCUT2D eigenvalue weighted by molar-refractivity contribution is -0.129. The highest BCUT2D eigenvalue weighted by Gasteiger charge is 2.19. The minimum absolute atomic E-state index is 0.0697. The summed E-state index contributed by atoms with van der Waals surface area (Å²) in [6.45, 7) is 1.59. The van der Waals surface area contributed by atoms with Crippen molar-refractivity contribution < 1.29 is 14.4 Å². The van der Waals surface area contributed by atoms with Crippen LogP contribution in [0.4, 0.5) is 0 Å². The van der Waals surface area contributed by atoms with E-state index in [0.29, 0.717) is 19.4 Å². The van der Waals surface area contributed by atoms with Crippen LogP contribution in [0, 0.1) is 0 Å². The summed E-state index contributed by atoms with van der Waals surface area (Å²) in [5.41, 5.74) is 15.8. The van der Waals surface area contributed by atoms with Crippen LogP contribution in [-0.4, -0.2) is 49.6 Å². The number of Topliss-reactive ketones (excluding diaryl/α,β-unsaturated/α-hetero) is 1. The number of carbonyl (C=O) groups is 3. The van der Waals surface area contributed by atoms with Crippen molar-refractivity contribution in [3.8, 4) is 0 Å². The average Bonchev–Trinajstić information content (AvgIpc) is 2.38. The van der Waals surface area contributed by atoms with Gasteiger partial charge in [-0.1, -0.05) is 0 Å². The minimum atomic E-state index is -0.735. The molecule has 20 heavy (non-hydrogen) atoms. The van der Waals surface area contributed by atoms with Crippen molar-refractivity contribution in [1.82, 2.24) is 16.0 Å². The Morgan fingerprint density at radius 1 is 1.20 bits per heavy atom. The summed E-state index contributed by atoms with van der Waals surface area (Å²) < 4.78 is 0. The maximum atomic E-state index is 11.8. The van der Waals surface area contributed by atoms with Crippen molar-refractivity contribution in [2.24, 2.45) is 17.2 Å². The molecule has 0 aliphatic carbocycles. The van der Waals surface area contributed by atoms with Crippen LogP contribution in [-0.2, 0) is 14.4 Å². The van der Waals surface area contributed by atoms with E-state index in [0.717, 1.165) is 0 Å². The van der Waals surface area contributed by atoms with Crippen LogP contribution in [0.5, 0.6) is 0 Å². The Kier molecular flexibility index (Phi) is 9.47. The van der Waals surface area contributed by atoms with E-state index in [2.05, 4.69) is 16.0 Å². The molecule has 9 heteroatoms. The number of carbonyl (C=O) groups excluding carboxylic acids is 3. The predicted molar refractivity (Wildman–Crippen MR) is 74.1 cm³/mol. The van der Waals surface area contributed by atoms with Crippen LogP contribution >= 0.6 is 0 Å². The molecule has 0 spiro atoms. The summed E-state index contributed by atoms with van der Waals surface area (Å²) in [4.78, 5) is 33.9. The molecule has 0 aromatic rings. The molecule has 0 radical (unpaired) electrons. The van der Waals surface area contributed by atoms with Gasteiger partial charge >= 0.3 is 0 Å². The number of rotatable bonds is 10. The Balaban J connectivity index is 4.28. The Morgan fingerprint density at radius 3 is 2.35 bits per heavy atom.